The maximum atomic E-state index is 12.0. The number of carbonyl (C=O) groups excluding carboxylic acids is 1. The van der Waals surface area contributed by atoms with Crippen LogP contribution in [0.1, 0.15) is 5.76 Å². The fraction of sp³-hybridized carbons (Fsp3) is 0.0667. The second-order valence-corrected chi connectivity index (χ2v) is 5.73. The van der Waals surface area contributed by atoms with Crippen LogP contribution in [0, 0.1) is 3.77 Å². The third-order valence-corrected chi connectivity index (χ3v) is 3.58. The molecule has 0 saturated heterocycles. The van der Waals surface area contributed by atoms with Crippen molar-refractivity contribution in [2.24, 2.45) is 7.05 Å². The van der Waals surface area contributed by atoms with Crippen molar-refractivity contribution >= 4 is 40.3 Å². The number of aromatic nitrogens is 4. The Morgan fingerprint density at radius 2 is 2.22 bits per heavy atom. The number of nitrogens with one attached hydrogen (secondary N) is 1. The van der Waals surface area contributed by atoms with Crippen molar-refractivity contribution in [1.29, 1.82) is 0 Å². The molecule has 1 N–H and O–H groups in total. The molecule has 0 bridgehead atoms. The smallest absolute Gasteiger partial charge is 0.248 e. The Morgan fingerprint density at radius 1 is 1.35 bits per heavy atom. The summed E-state index contributed by atoms with van der Waals surface area (Å²) < 4.78 is 7.70. The van der Waals surface area contributed by atoms with Crippen LogP contribution in [0.25, 0.3) is 17.5 Å². The third-order valence-electron chi connectivity index (χ3n) is 3.00. The molecule has 0 saturated carbocycles. The molecule has 0 aliphatic rings. The van der Waals surface area contributed by atoms with Crippen molar-refractivity contribution in [1.82, 2.24) is 20.2 Å². The minimum Gasteiger partial charge on any atom is -0.451 e. The topological polar surface area (TPSA) is 85.8 Å². The predicted octanol–water partition coefficient (Wildman–Crippen LogP) is 2.73. The van der Waals surface area contributed by atoms with E-state index in [1.807, 2.05) is 24.3 Å². The summed E-state index contributed by atoms with van der Waals surface area (Å²) in [5.74, 6) is 1.01. The Balaban J connectivity index is 1.72. The zero-order valence-electron chi connectivity index (χ0n) is 12.1. The summed E-state index contributed by atoms with van der Waals surface area (Å²) in [6, 6.07) is 11.0. The van der Waals surface area contributed by atoms with Gasteiger partial charge in [-0.1, -0.05) is 12.1 Å². The first-order valence-electron chi connectivity index (χ1n) is 6.69. The molecule has 3 aromatic rings. The first-order chi connectivity index (χ1) is 11.1. The Bertz CT molecular complexity index is 868. The maximum absolute atomic E-state index is 12.0. The van der Waals surface area contributed by atoms with Crippen LogP contribution >= 0.6 is 22.6 Å². The number of amides is 1. The van der Waals surface area contributed by atoms with Gasteiger partial charge in [-0.05, 0) is 63.4 Å². The lowest BCUT2D eigenvalue weighted by molar-refractivity contribution is -0.111. The number of benzene rings is 1. The van der Waals surface area contributed by atoms with Gasteiger partial charge in [0.05, 0.1) is 0 Å². The number of nitrogens with zero attached hydrogens (tertiary/aromatic N) is 4. The number of aryl methyl sites for hydroxylation is 1. The van der Waals surface area contributed by atoms with E-state index < -0.39 is 0 Å². The van der Waals surface area contributed by atoms with Gasteiger partial charge in [0.25, 0.3) is 0 Å². The molecule has 7 nitrogen and oxygen atoms in total. The molecule has 0 unspecified atom stereocenters. The SMILES string of the molecule is Cn1nnnc1-c1cccc(NC(=O)/C=C/c2ccc(I)o2)c1. The van der Waals surface area contributed by atoms with Crippen LogP contribution < -0.4 is 5.32 Å². The van der Waals surface area contributed by atoms with Gasteiger partial charge in [0.15, 0.2) is 9.59 Å². The molecule has 0 aliphatic heterocycles. The number of furan rings is 1. The van der Waals surface area contributed by atoms with E-state index in [4.69, 9.17) is 4.42 Å². The standard InChI is InChI=1S/C15H12IN5O2/c1-21-15(18-19-20-21)10-3-2-4-11(9-10)17-14(22)8-6-12-5-7-13(16)23-12/h2-9H,1H3,(H,17,22)/b8-6+. The minimum atomic E-state index is -0.246. The highest BCUT2D eigenvalue weighted by Gasteiger charge is 2.07. The van der Waals surface area contributed by atoms with E-state index in [0.717, 1.165) is 9.33 Å². The lowest BCUT2D eigenvalue weighted by Crippen LogP contribution is -2.07. The molecule has 2 heterocycles. The van der Waals surface area contributed by atoms with E-state index in [2.05, 4.69) is 43.4 Å². The van der Waals surface area contributed by atoms with Gasteiger partial charge in [0.2, 0.25) is 5.91 Å². The lowest BCUT2D eigenvalue weighted by Gasteiger charge is -2.04. The minimum absolute atomic E-state index is 0.246. The molecule has 23 heavy (non-hydrogen) atoms. The molecule has 2 aromatic heterocycles. The largest absolute Gasteiger partial charge is 0.451 e. The van der Waals surface area contributed by atoms with Crippen LogP contribution in [-0.2, 0) is 11.8 Å². The molecule has 0 spiro atoms. The van der Waals surface area contributed by atoms with Gasteiger partial charge in [-0.15, -0.1) is 5.10 Å². The monoisotopic (exact) mass is 421 g/mol. The average Bonchev–Trinajstić information content (AvgIpc) is 3.14. The zero-order valence-corrected chi connectivity index (χ0v) is 14.3. The molecule has 8 heteroatoms. The molecule has 116 valence electrons. The Morgan fingerprint density at radius 3 is 2.91 bits per heavy atom. The van der Waals surface area contributed by atoms with Crippen molar-refractivity contribution in [3.8, 4) is 11.4 Å². The van der Waals surface area contributed by atoms with Gasteiger partial charge in [-0.25, -0.2) is 4.68 Å². The van der Waals surface area contributed by atoms with Gasteiger partial charge in [-0.2, -0.15) is 0 Å². The first-order valence-corrected chi connectivity index (χ1v) is 7.77. The van der Waals surface area contributed by atoms with E-state index in [0.29, 0.717) is 17.3 Å². The molecule has 0 radical (unpaired) electrons. The summed E-state index contributed by atoms with van der Waals surface area (Å²) in [5.41, 5.74) is 1.48. The normalized spacial score (nSPS) is 11.0. The average molecular weight is 421 g/mol. The fourth-order valence-electron chi connectivity index (χ4n) is 1.97. The second kappa shape index (κ2) is 6.73. The van der Waals surface area contributed by atoms with Gasteiger partial charge in [0.1, 0.15) is 5.76 Å². The number of rotatable bonds is 4. The van der Waals surface area contributed by atoms with Crippen molar-refractivity contribution in [2.75, 3.05) is 5.32 Å². The Kier molecular flexibility index (Phi) is 4.51. The number of carbonyl (C=O) groups is 1. The zero-order chi connectivity index (χ0) is 16.2. The van der Waals surface area contributed by atoms with Crippen molar-refractivity contribution in [3.63, 3.8) is 0 Å². The second-order valence-electron chi connectivity index (χ2n) is 4.67. The maximum Gasteiger partial charge on any atom is 0.248 e. The summed E-state index contributed by atoms with van der Waals surface area (Å²) in [5, 5.41) is 14.1. The van der Waals surface area contributed by atoms with Crippen LogP contribution in [-0.4, -0.2) is 26.1 Å². The Hall–Kier alpha value is -2.49. The number of hydrogen-bond donors (Lipinski definition) is 1. The van der Waals surface area contributed by atoms with E-state index in [-0.39, 0.29) is 5.91 Å². The van der Waals surface area contributed by atoms with Crippen molar-refractivity contribution < 1.29 is 9.21 Å². The van der Waals surface area contributed by atoms with Crippen molar-refractivity contribution in [2.45, 2.75) is 0 Å². The highest BCUT2D eigenvalue weighted by molar-refractivity contribution is 14.1. The van der Waals surface area contributed by atoms with E-state index >= 15 is 0 Å². The first kappa shape index (κ1) is 15.4. The molecule has 0 fully saturated rings. The van der Waals surface area contributed by atoms with Crippen LogP contribution in [0.15, 0.2) is 46.9 Å². The van der Waals surface area contributed by atoms with E-state index in [1.165, 1.54) is 6.08 Å². The van der Waals surface area contributed by atoms with Gasteiger partial charge in [0, 0.05) is 24.4 Å². The summed E-state index contributed by atoms with van der Waals surface area (Å²) in [6.07, 6.45) is 3.04. The summed E-state index contributed by atoms with van der Waals surface area (Å²) in [6.45, 7) is 0. The molecular weight excluding hydrogens is 409 g/mol. The number of halogens is 1. The van der Waals surface area contributed by atoms with Crippen LogP contribution in [0.2, 0.25) is 0 Å². The summed E-state index contributed by atoms with van der Waals surface area (Å²) in [7, 11) is 1.76. The number of hydrogen-bond acceptors (Lipinski definition) is 5. The lowest BCUT2D eigenvalue weighted by atomic mass is 10.2. The Labute approximate surface area is 145 Å². The fourth-order valence-corrected chi connectivity index (χ4v) is 2.40. The van der Waals surface area contributed by atoms with Gasteiger partial charge >= 0.3 is 0 Å². The molecule has 0 atom stereocenters. The highest BCUT2D eigenvalue weighted by Crippen LogP contribution is 2.19. The summed E-state index contributed by atoms with van der Waals surface area (Å²) >= 11 is 2.07. The molecular formula is C15H12IN5O2. The molecule has 0 aliphatic carbocycles. The van der Waals surface area contributed by atoms with Gasteiger partial charge in [-0.3, -0.25) is 4.79 Å². The highest BCUT2D eigenvalue weighted by atomic mass is 127. The number of anilines is 1. The van der Waals surface area contributed by atoms with Crippen LogP contribution in [0.5, 0.6) is 0 Å². The van der Waals surface area contributed by atoms with Crippen LogP contribution in [0.3, 0.4) is 0 Å². The van der Waals surface area contributed by atoms with Crippen molar-refractivity contribution in [3.05, 3.63) is 52.0 Å². The molecule has 3 rings (SSSR count). The molecule has 1 aromatic carbocycles. The van der Waals surface area contributed by atoms with Crippen LogP contribution in [0.4, 0.5) is 5.69 Å². The quantitative estimate of drug-likeness (QED) is 0.517. The van der Waals surface area contributed by atoms with Gasteiger partial charge < -0.3 is 9.73 Å². The van der Waals surface area contributed by atoms with E-state index in [9.17, 15) is 4.79 Å². The third kappa shape index (κ3) is 3.83. The molecule has 1 amide bonds. The predicted molar refractivity (Wildman–Crippen MR) is 93.3 cm³/mol. The number of tetrazole rings is 1. The van der Waals surface area contributed by atoms with E-state index in [1.54, 1.807) is 29.9 Å². The summed E-state index contributed by atoms with van der Waals surface area (Å²) in [4.78, 5) is 12.0.